The number of benzene rings is 1. The predicted molar refractivity (Wildman–Crippen MR) is 108 cm³/mol. The smallest absolute Gasteiger partial charge is 0.250 e. The molecular weight excluding hydrogens is 409 g/mol. The lowest BCUT2D eigenvalue weighted by molar-refractivity contribution is -0.117. The molecule has 5 rings (SSSR count). The zero-order valence-electron chi connectivity index (χ0n) is 16.7. The second kappa shape index (κ2) is 7.07. The van der Waals surface area contributed by atoms with Crippen LogP contribution in [-0.4, -0.2) is 51.0 Å². The van der Waals surface area contributed by atoms with Crippen molar-refractivity contribution in [1.82, 2.24) is 19.5 Å². The number of halogens is 3. The standard InChI is InChI=1S/C21H19F3N6O/c1-28-16-11-26-20(29-9-8-25-18(29)13-2-4-14(22)5-3-13)27-19(16)30(12-17(28)31)15-6-7-21(23,24)10-15/h2-5,8-9,11,15H,6-7,10,12H2,1H3. The minimum atomic E-state index is -2.74. The van der Waals surface area contributed by atoms with Gasteiger partial charge >= 0.3 is 0 Å². The molecule has 1 unspecified atom stereocenters. The lowest BCUT2D eigenvalue weighted by atomic mass is 10.1. The first-order valence-electron chi connectivity index (χ1n) is 9.90. The fourth-order valence-corrected chi connectivity index (χ4v) is 4.15. The fraction of sp³-hybridized carbons (Fsp3) is 0.333. The predicted octanol–water partition coefficient (Wildman–Crippen LogP) is 3.44. The molecule has 0 bridgehead atoms. The zero-order valence-corrected chi connectivity index (χ0v) is 16.7. The van der Waals surface area contributed by atoms with E-state index in [9.17, 15) is 18.0 Å². The molecule has 1 fully saturated rings. The molecule has 3 aromatic rings. The molecule has 7 nitrogen and oxygen atoms in total. The van der Waals surface area contributed by atoms with Crippen molar-refractivity contribution < 1.29 is 18.0 Å². The van der Waals surface area contributed by atoms with Crippen molar-refractivity contribution in [3.8, 4) is 17.3 Å². The molecule has 10 heteroatoms. The summed E-state index contributed by atoms with van der Waals surface area (Å²) in [6.07, 6.45) is 4.53. The summed E-state index contributed by atoms with van der Waals surface area (Å²) in [5, 5.41) is 0. The van der Waals surface area contributed by atoms with Gasteiger partial charge in [0.15, 0.2) is 5.82 Å². The van der Waals surface area contributed by atoms with Crippen molar-refractivity contribution in [3.63, 3.8) is 0 Å². The van der Waals surface area contributed by atoms with Gasteiger partial charge in [0.05, 0.1) is 12.7 Å². The van der Waals surface area contributed by atoms with Gasteiger partial charge in [0.25, 0.3) is 0 Å². The molecule has 1 atom stereocenters. The SMILES string of the molecule is CN1C(=O)CN(C2CCC(F)(F)C2)c2nc(-n3ccnc3-c3ccc(F)cc3)ncc21. The number of likely N-dealkylation sites (N-methyl/N-ethyl adjacent to an activating group) is 1. The first kappa shape index (κ1) is 19.5. The van der Waals surface area contributed by atoms with E-state index in [2.05, 4.69) is 15.0 Å². The molecule has 3 heterocycles. The Kier molecular flexibility index (Phi) is 4.45. The number of carbonyl (C=O) groups is 1. The Labute approximate surface area is 176 Å². The minimum Gasteiger partial charge on any atom is -0.342 e. The van der Waals surface area contributed by atoms with Crippen LogP contribution in [-0.2, 0) is 4.79 Å². The molecule has 160 valence electrons. The number of hydrogen-bond donors (Lipinski definition) is 0. The molecule has 31 heavy (non-hydrogen) atoms. The Morgan fingerprint density at radius 2 is 1.94 bits per heavy atom. The van der Waals surface area contributed by atoms with E-state index in [0.29, 0.717) is 22.9 Å². The average molecular weight is 428 g/mol. The molecule has 0 N–H and O–H groups in total. The molecule has 2 aromatic heterocycles. The number of hydrogen-bond acceptors (Lipinski definition) is 5. The fourth-order valence-electron chi connectivity index (χ4n) is 4.15. The van der Waals surface area contributed by atoms with Crippen LogP contribution in [0.5, 0.6) is 0 Å². The van der Waals surface area contributed by atoms with Crippen molar-refractivity contribution in [3.05, 3.63) is 48.7 Å². The van der Waals surface area contributed by atoms with Crippen molar-refractivity contribution in [2.24, 2.45) is 0 Å². The van der Waals surface area contributed by atoms with Crippen LogP contribution < -0.4 is 9.80 Å². The number of carbonyl (C=O) groups excluding carboxylic acids is 1. The van der Waals surface area contributed by atoms with Gasteiger partial charge in [-0.25, -0.2) is 23.1 Å². The van der Waals surface area contributed by atoms with E-state index >= 15 is 0 Å². The summed E-state index contributed by atoms with van der Waals surface area (Å²) in [6.45, 7) is -0.0184. The molecular formula is C21H19F3N6O. The van der Waals surface area contributed by atoms with Gasteiger partial charge in [-0.1, -0.05) is 0 Å². The summed E-state index contributed by atoms with van der Waals surface area (Å²) in [5.74, 6) is -2.06. The minimum absolute atomic E-state index is 0.0184. The van der Waals surface area contributed by atoms with E-state index in [1.54, 1.807) is 41.0 Å². The number of imidazole rings is 1. The molecule has 0 radical (unpaired) electrons. The molecule has 1 amide bonds. The number of nitrogens with zero attached hydrogens (tertiary/aromatic N) is 6. The molecule has 1 aliphatic heterocycles. The third-order valence-corrected chi connectivity index (χ3v) is 5.83. The monoisotopic (exact) mass is 428 g/mol. The maximum atomic E-state index is 13.9. The number of aromatic nitrogens is 4. The maximum Gasteiger partial charge on any atom is 0.250 e. The normalized spacial score (nSPS) is 20.3. The Hall–Kier alpha value is -3.43. The van der Waals surface area contributed by atoms with Gasteiger partial charge in [-0.05, 0) is 30.7 Å². The number of amides is 1. The van der Waals surface area contributed by atoms with E-state index in [1.807, 2.05) is 0 Å². The summed E-state index contributed by atoms with van der Waals surface area (Å²) in [5.41, 5.74) is 1.14. The van der Waals surface area contributed by atoms with E-state index in [-0.39, 0.29) is 43.5 Å². The van der Waals surface area contributed by atoms with Crippen LogP contribution in [0, 0.1) is 5.82 Å². The second-order valence-electron chi connectivity index (χ2n) is 7.84. The lowest BCUT2D eigenvalue weighted by Gasteiger charge is -2.37. The number of alkyl halides is 2. The Balaban J connectivity index is 1.57. The van der Waals surface area contributed by atoms with Crippen LogP contribution >= 0.6 is 0 Å². The number of fused-ring (bicyclic) bond motifs is 1. The van der Waals surface area contributed by atoms with Crippen LogP contribution in [0.15, 0.2) is 42.9 Å². The molecule has 2 aliphatic rings. The summed E-state index contributed by atoms with van der Waals surface area (Å²) < 4.78 is 42.7. The third-order valence-electron chi connectivity index (χ3n) is 5.83. The highest BCUT2D eigenvalue weighted by atomic mass is 19.3. The largest absolute Gasteiger partial charge is 0.342 e. The summed E-state index contributed by atoms with van der Waals surface area (Å²) in [7, 11) is 1.62. The van der Waals surface area contributed by atoms with Crippen LogP contribution in [0.4, 0.5) is 24.7 Å². The van der Waals surface area contributed by atoms with E-state index < -0.39 is 12.0 Å². The number of anilines is 2. The highest BCUT2D eigenvalue weighted by Crippen LogP contribution is 2.42. The third kappa shape index (κ3) is 3.41. The van der Waals surface area contributed by atoms with Crippen molar-refractivity contribution in [2.45, 2.75) is 31.2 Å². The highest BCUT2D eigenvalue weighted by Gasteiger charge is 2.44. The first-order valence-corrected chi connectivity index (χ1v) is 9.90. The van der Waals surface area contributed by atoms with Crippen molar-refractivity contribution in [1.29, 1.82) is 0 Å². The van der Waals surface area contributed by atoms with Gasteiger partial charge in [-0.15, -0.1) is 0 Å². The molecule has 1 aliphatic carbocycles. The van der Waals surface area contributed by atoms with Gasteiger partial charge in [0.1, 0.15) is 17.3 Å². The lowest BCUT2D eigenvalue weighted by Crippen LogP contribution is -2.48. The van der Waals surface area contributed by atoms with Crippen LogP contribution in [0.3, 0.4) is 0 Å². The van der Waals surface area contributed by atoms with Gasteiger partial charge in [0, 0.05) is 43.9 Å². The Morgan fingerprint density at radius 3 is 2.65 bits per heavy atom. The summed E-state index contributed by atoms with van der Waals surface area (Å²) >= 11 is 0. The Morgan fingerprint density at radius 1 is 1.16 bits per heavy atom. The second-order valence-corrected chi connectivity index (χ2v) is 7.84. The van der Waals surface area contributed by atoms with Crippen LogP contribution in [0.2, 0.25) is 0 Å². The quantitative estimate of drug-likeness (QED) is 0.640. The molecule has 1 aromatic carbocycles. The van der Waals surface area contributed by atoms with Crippen molar-refractivity contribution in [2.75, 3.05) is 23.4 Å². The van der Waals surface area contributed by atoms with Crippen LogP contribution in [0.1, 0.15) is 19.3 Å². The van der Waals surface area contributed by atoms with Gasteiger partial charge in [-0.2, -0.15) is 4.98 Å². The zero-order chi connectivity index (χ0) is 21.8. The average Bonchev–Trinajstić information content (AvgIpc) is 3.37. The highest BCUT2D eigenvalue weighted by molar-refractivity contribution is 6.02. The first-order chi connectivity index (χ1) is 14.8. The van der Waals surface area contributed by atoms with E-state index in [0.717, 1.165) is 0 Å². The molecule has 1 saturated carbocycles. The van der Waals surface area contributed by atoms with E-state index in [4.69, 9.17) is 0 Å². The number of rotatable bonds is 3. The van der Waals surface area contributed by atoms with Gasteiger partial charge < -0.3 is 9.80 Å². The van der Waals surface area contributed by atoms with Crippen LogP contribution in [0.25, 0.3) is 17.3 Å². The topological polar surface area (TPSA) is 67.2 Å². The molecule has 0 saturated heterocycles. The molecule has 0 spiro atoms. The summed E-state index contributed by atoms with van der Waals surface area (Å²) in [6, 6.07) is 5.40. The van der Waals surface area contributed by atoms with Crippen molar-refractivity contribution >= 4 is 17.4 Å². The maximum absolute atomic E-state index is 13.9. The van der Waals surface area contributed by atoms with Gasteiger partial charge in [-0.3, -0.25) is 9.36 Å². The van der Waals surface area contributed by atoms with Gasteiger partial charge in [0.2, 0.25) is 17.8 Å². The summed E-state index contributed by atoms with van der Waals surface area (Å²) in [4.78, 5) is 28.9. The van der Waals surface area contributed by atoms with E-state index in [1.165, 1.54) is 23.2 Å². The Bertz CT molecular complexity index is 1150.